The van der Waals surface area contributed by atoms with E-state index < -0.39 is 6.04 Å². The summed E-state index contributed by atoms with van der Waals surface area (Å²) in [5.74, 6) is 0.398. The molecule has 2 heterocycles. The second-order valence-electron chi connectivity index (χ2n) is 5.04. The summed E-state index contributed by atoms with van der Waals surface area (Å²) >= 11 is 12.4. The van der Waals surface area contributed by atoms with Crippen LogP contribution >= 0.6 is 23.2 Å². The summed E-state index contributed by atoms with van der Waals surface area (Å²) in [4.78, 5) is 8.57. The van der Waals surface area contributed by atoms with E-state index in [4.69, 9.17) is 39.9 Å². The molecule has 3 rings (SSSR count). The lowest BCUT2D eigenvalue weighted by Crippen LogP contribution is -2.32. The summed E-state index contributed by atoms with van der Waals surface area (Å²) in [5, 5.41) is 24.0. The minimum Gasteiger partial charge on any atom is -0.397 e. The highest BCUT2D eigenvalue weighted by atomic mass is 35.5. The maximum Gasteiger partial charge on any atom is 0.211 e. The molecule has 6 N–H and O–H groups in total. The van der Waals surface area contributed by atoms with Gasteiger partial charge in [-0.25, -0.2) is 9.98 Å². The Morgan fingerprint density at radius 2 is 2.00 bits per heavy atom. The average molecular weight is 373 g/mol. The Bertz CT molecular complexity index is 986. The van der Waals surface area contributed by atoms with E-state index in [2.05, 4.69) is 20.6 Å². The minimum atomic E-state index is -0.724. The van der Waals surface area contributed by atoms with Crippen LogP contribution in [0.25, 0.3) is 0 Å². The molecule has 0 saturated carbocycles. The third kappa shape index (κ3) is 2.74. The molecule has 0 amide bonds. The molecule has 2 aromatic rings. The van der Waals surface area contributed by atoms with Crippen molar-refractivity contribution >= 4 is 46.5 Å². The molecule has 25 heavy (non-hydrogen) atoms. The van der Waals surface area contributed by atoms with Crippen LogP contribution in [-0.4, -0.2) is 10.9 Å². The van der Waals surface area contributed by atoms with Gasteiger partial charge in [0.2, 0.25) is 5.96 Å². The van der Waals surface area contributed by atoms with Gasteiger partial charge in [0.15, 0.2) is 6.19 Å². The van der Waals surface area contributed by atoms with Gasteiger partial charge in [-0.15, -0.1) is 0 Å². The molecular weight excluding hydrogens is 363 g/mol. The first-order valence-corrected chi connectivity index (χ1v) is 7.66. The van der Waals surface area contributed by atoms with Gasteiger partial charge in [0, 0.05) is 11.1 Å². The number of aromatic nitrogens is 1. The van der Waals surface area contributed by atoms with Crippen molar-refractivity contribution in [3.8, 4) is 12.3 Å². The molecule has 124 valence electrons. The van der Waals surface area contributed by atoms with Crippen molar-refractivity contribution in [2.75, 3.05) is 16.8 Å². The fourth-order valence-electron chi connectivity index (χ4n) is 2.54. The number of pyridine rings is 1. The van der Waals surface area contributed by atoms with Gasteiger partial charge in [0.25, 0.3) is 0 Å². The van der Waals surface area contributed by atoms with Crippen LogP contribution in [0.2, 0.25) is 10.0 Å². The molecule has 1 unspecified atom stereocenters. The highest BCUT2D eigenvalue weighted by molar-refractivity contribution is 6.42. The first-order chi connectivity index (χ1) is 12.0. The van der Waals surface area contributed by atoms with Gasteiger partial charge in [0.1, 0.15) is 29.3 Å². The number of hydrogen-bond acceptors (Lipinski definition) is 8. The second-order valence-corrected chi connectivity index (χ2v) is 5.83. The van der Waals surface area contributed by atoms with E-state index in [-0.39, 0.29) is 33.9 Å². The number of aliphatic imine (C=N–C) groups is 1. The second kappa shape index (κ2) is 6.36. The molecule has 1 atom stereocenters. The first kappa shape index (κ1) is 16.7. The van der Waals surface area contributed by atoms with Crippen LogP contribution < -0.4 is 22.1 Å². The fraction of sp³-hybridized carbons (Fsp3) is 0.0667. The number of halogens is 2. The Balaban J connectivity index is 2.30. The van der Waals surface area contributed by atoms with Crippen LogP contribution in [0, 0.1) is 22.8 Å². The predicted octanol–water partition coefficient (Wildman–Crippen LogP) is 2.37. The van der Waals surface area contributed by atoms with Gasteiger partial charge in [-0.3, -0.25) is 5.32 Å². The van der Waals surface area contributed by atoms with Crippen molar-refractivity contribution in [1.29, 1.82) is 10.5 Å². The number of nitrogens with one attached hydrogen (secondary N) is 2. The van der Waals surface area contributed by atoms with Crippen LogP contribution in [-0.2, 0) is 0 Å². The molecule has 10 heteroatoms. The molecule has 0 fully saturated rings. The van der Waals surface area contributed by atoms with Gasteiger partial charge in [-0.05, 0) is 6.07 Å². The maximum atomic E-state index is 9.28. The van der Waals surface area contributed by atoms with Crippen molar-refractivity contribution < 1.29 is 0 Å². The van der Waals surface area contributed by atoms with E-state index >= 15 is 0 Å². The standard InChI is InChI=1S/C15H10Cl2N8/c16-8-3-1-2-6(10(8)17)12-9-11(20)7(4-18)13(21)24-14(9)25-15(23-12)22-5-19/h1-3,12H,(H6,20,21,22,23,24,25). The van der Waals surface area contributed by atoms with Crippen LogP contribution in [0.1, 0.15) is 22.7 Å². The summed E-state index contributed by atoms with van der Waals surface area (Å²) in [6.45, 7) is 0. The van der Waals surface area contributed by atoms with Gasteiger partial charge in [-0.2, -0.15) is 10.5 Å². The lowest BCUT2D eigenvalue weighted by Gasteiger charge is -2.26. The Labute approximate surface area is 152 Å². The summed E-state index contributed by atoms with van der Waals surface area (Å²) in [5.41, 5.74) is 13.1. The third-order valence-corrected chi connectivity index (χ3v) is 4.47. The molecule has 1 aliphatic rings. The molecule has 0 saturated heterocycles. The average Bonchev–Trinajstić information content (AvgIpc) is 2.57. The van der Waals surface area contributed by atoms with E-state index in [1.807, 2.05) is 6.07 Å². The zero-order chi connectivity index (χ0) is 18.1. The number of nitriles is 2. The van der Waals surface area contributed by atoms with Crippen LogP contribution in [0.4, 0.5) is 17.3 Å². The zero-order valence-electron chi connectivity index (χ0n) is 12.5. The van der Waals surface area contributed by atoms with Crippen molar-refractivity contribution in [1.82, 2.24) is 10.3 Å². The van der Waals surface area contributed by atoms with E-state index in [1.54, 1.807) is 24.4 Å². The number of fused-ring (bicyclic) bond motifs is 1. The molecule has 0 spiro atoms. The van der Waals surface area contributed by atoms with Crippen molar-refractivity contribution in [3.63, 3.8) is 0 Å². The zero-order valence-corrected chi connectivity index (χ0v) is 14.0. The SMILES string of the molecule is N#CNC1=NC(c2cccc(Cl)c2Cl)c2c(nc(N)c(C#N)c2N)N1. The Morgan fingerprint density at radius 3 is 2.68 bits per heavy atom. The molecule has 1 aliphatic heterocycles. The van der Waals surface area contributed by atoms with E-state index in [0.717, 1.165) is 0 Å². The molecule has 0 bridgehead atoms. The third-order valence-electron chi connectivity index (χ3n) is 3.63. The fourth-order valence-corrected chi connectivity index (χ4v) is 2.95. The lowest BCUT2D eigenvalue weighted by molar-refractivity contribution is 0.847. The molecular formula is C15H10Cl2N8. The summed E-state index contributed by atoms with van der Waals surface area (Å²) < 4.78 is 0. The quantitative estimate of drug-likeness (QED) is 0.443. The van der Waals surface area contributed by atoms with Crippen molar-refractivity contribution in [3.05, 3.63) is 44.9 Å². The van der Waals surface area contributed by atoms with Crippen LogP contribution in [0.15, 0.2) is 23.2 Å². The topological polar surface area (TPSA) is 149 Å². The Morgan fingerprint density at radius 1 is 1.24 bits per heavy atom. The number of anilines is 3. The molecule has 1 aromatic carbocycles. The predicted molar refractivity (Wildman–Crippen MR) is 95.9 cm³/mol. The van der Waals surface area contributed by atoms with E-state index in [9.17, 15) is 5.26 Å². The minimum absolute atomic E-state index is 0.0274. The van der Waals surface area contributed by atoms with E-state index in [1.165, 1.54) is 0 Å². The highest BCUT2D eigenvalue weighted by Gasteiger charge is 2.31. The van der Waals surface area contributed by atoms with E-state index in [0.29, 0.717) is 16.1 Å². The lowest BCUT2D eigenvalue weighted by atomic mass is 9.95. The van der Waals surface area contributed by atoms with Gasteiger partial charge in [-0.1, -0.05) is 35.3 Å². The number of nitrogens with two attached hydrogens (primary N) is 2. The number of nitrogen functional groups attached to an aromatic ring is 2. The summed E-state index contributed by atoms with van der Waals surface area (Å²) in [7, 11) is 0. The first-order valence-electron chi connectivity index (χ1n) is 6.90. The summed E-state index contributed by atoms with van der Waals surface area (Å²) in [6.07, 6.45) is 1.77. The van der Waals surface area contributed by atoms with Crippen molar-refractivity contribution in [2.24, 2.45) is 4.99 Å². The molecule has 0 aliphatic carbocycles. The van der Waals surface area contributed by atoms with Gasteiger partial charge >= 0.3 is 0 Å². The summed E-state index contributed by atoms with van der Waals surface area (Å²) in [6, 6.07) is 6.28. The molecule has 0 radical (unpaired) electrons. The van der Waals surface area contributed by atoms with Gasteiger partial charge in [0.05, 0.1) is 15.7 Å². The number of guanidine groups is 1. The maximum absolute atomic E-state index is 9.28. The number of benzene rings is 1. The Hall–Kier alpha value is -3.20. The molecule has 8 nitrogen and oxygen atoms in total. The van der Waals surface area contributed by atoms with Gasteiger partial charge < -0.3 is 16.8 Å². The number of rotatable bonds is 1. The smallest absolute Gasteiger partial charge is 0.211 e. The number of hydrogen-bond donors (Lipinski definition) is 4. The number of nitrogens with zero attached hydrogens (tertiary/aromatic N) is 4. The molecule has 1 aromatic heterocycles. The highest BCUT2D eigenvalue weighted by Crippen LogP contribution is 2.43. The van der Waals surface area contributed by atoms with Crippen molar-refractivity contribution in [2.45, 2.75) is 6.04 Å². The van der Waals surface area contributed by atoms with Crippen LogP contribution in [0.3, 0.4) is 0 Å². The largest absolute Gasteiger partial charge is 0.397 e. The normalized spacial score (nSPS) is 15.2. The Kier molecular flexibility index (Phi) is 4.24. The van der Waals surface area contributed by atoms with Crippen LogP contribution in [0.5, 0.6) is 0 Å². The monoisotopic (exact) mass is 372 g/mol.